The maximum atomic E-state index is 5.84. The van der Waals surface area contributed by atoms with Crippen molar-refractivity contribution in [1.82, 2.24) is 4.98 Å². The number of ether oxygens (including phenoxy) is 1. The fourth-order valence-electron chi connectivity index (χ4n) is 1.16. The highest BCUT2D eigenvalue weighted by Crippen LogP contribution is 2.15. The highest BCUT2D eigenvalue weighted by Gasteiger charge is 2.05. The van der Waals surface area contributed by atoms with Crippen molar-refractivity contribution in [2.45, 2.75) is 39.3 Å². The molecule has 78 valence electrons. The van der Waals surface area contributed by atoms with Crippen LogP contribution in [0.1, 0.15) is 38.9 Å². The van der Waals surface area contributed by atoms with Crippen LogP contribution in [0, 0.1) is 0 Å². The van der Waals surface area contributed by atoms with Gasteiger partial charge in [0.15, 0.2) is 0 Å². The summed E-state index contributed by atoms with van der Waals surface area (Å²) in [5, 5.41) is 0. The standard InChI is InChI=1S/C11H18N2O/c1-4-10(12)11-6-5-9(7-13-11)14-8(2)3/h5-8,10H,4,12H2,1-3H3/t10-/m0/s1. The third-order valence-electron chi connectivity index (χ3n) is 1.95. The van der Waals surface area contributed by atoms with E-state index >= 15 is 0 Å². The molecular weight excluding hydrogens is 176 g/mol. The molecule has 1 heterocycles. The molecule has 0 spiro atoms. The van der Waals surface area contributed by atoms with E-state index in [0.717, 1.165) is 17.9 Å². The zero-order chi connectivity index (χ0) is 10.6. The first-order valence-electron chi connectivity index (χ1n) is 5.01. The zero-order valence-corrected chi connectivity index (χ0v) is 9.03. The maximum absolute atomic E-state index is 5.84. The summed E-state index contributed by atoms with van der Waals surface area (Å²) in [4.78, 5) is 4.25. The number of nitrogens with zero attached hydrogens (tertiary/aromatic N) is 1. The number of hydrogen-bond donors (Lipinski definition) is 1. The van der Waals surface area contributed by atoms with Gasteiger partial charge in [-0.25, -0.2) is 0 Å². The third kappa shape index (κ3) is 3.00. The van der Waals surface area contributed by atoms with E-state index in [9.17, 15) is 0 Å². The normalized spacial score (nSPS) is 12.9. The molecule has 1 aromatic heterocycles. The van der Waals surface area contributed by atoms with Gasteiger partial charge in [0, 0.05) is 6.04 Å². The lowest BCUT2D eigenvalue weighted by Gasteiger charge is -2.11. The molecule has 14 heavy (non-hydrogen) atoms. The Morgan fingerprint density at radius 2 is 2.14 bits per heavy atom. The van der Waals surface area contributed by atoms with Crippen molar-refractivity contribution in [3.05, 3.63) is 24.0 Å². The van der Waals surface area contributed by atoms with Gasteiger partial charge in [0.25, 0.3) is 0 Å². The predicted molar refractivity (Wildman–Crippen MR) is 57.2 cm³/mol. The highest BCUT2D eigenvalue weighted by molar-refractivity contribution is 5.21. The average molecular weight is 194 g/mol. The third-order valence-corrected chi connectivity index (χ3v) is 1.95. The van der Waals surface area contributed by atoms with Gasteiger partial charge >= 0.3 is 0 Å². The molecule has 1 rings (SSSR count). The van der Waals surface area contributed by atoms with Gasteiger partial charge in [0.2, 0.25) is 0 Å². The van der Waals surface area contributed by atoms with Crippen LogP contribution in [0.5, 0.6) is 5.75 Å². The molecule has 0 radical (unpaired) electrons. The fraction of sp³-hybridized carbons (Fsp3) is 0.545. The number of rotatable bonds is 4. The van der Waals surface area contributed by atoms with E-state index in [4.69, 9.17) is 10.5 Å². The lowest BCUT2D eigenvalue weighted by Crippen LogP contribution is -2.11. The Labute approximate surface area is 85.3 Å². The smallest absolute Gasteiger partial charge is 0.137 e. The molecule has 0 aliphatic heterocycles. The van der Waals surface area contributed by atoms with E-state index < -0.39 is 0 Å². The first-order valence-corrected chi connectivity index (χ1v) is 5.01. The summed E-state index contributed by atoms with van der Waals surface area (Å²) >= 11 is 0. The van der Waals surface area contributed by atoms with Crippen molar-refractivity contribution < 1.29 is 4.74 Å². The van der Waals surface area contributed by atoms with Crippen LogP contribution in [0.15, 0.2) is 18.3 Å². The van der Waals surface area contributed by atoms with Crippen LogP contribution in [0.25, 0.3) is 0 Å². The summed E-state index contributed by atoms with van der Waals surface area (Å²) in [5.41, 5.74) is 6.76. The lowest BCUT2D eigenvalue weighted by molar-refractivity contribution is 0.241. The molecule has 0 amide bonds. The molecule has 3 heteroatoms. The van der Waals surface area contributed by atoms with E-state index in [1.54, 1.807) is 6.20 Å². The van der Waals surface area contributed by atoms with Crippen molar-refractivity contribution in [2.75, 3.05) is 0 Å². The number of hydrogen-bond acceptors (Lipinski definition) is 3. The Balaban J connectivity index is 2.68. The number of pyridine rings is 1. The van der Waals surface area contributed by atoms with Crippen molar-refractivity contribution in [1.29, 1.82) is 0 Å². The van der Waals surface area contributed by atoms with Gasteiger partial charge in [0.05, 0.1) is 18.0 Å². The van der Waals surface area contributed by atoms with Gasteiger partial charge in [-0.3, -0.25) is 4.98 Å². The Kier molecular flexibility index (Phi) is 3.89. The quantitative estimate of drug-likeness (QED) is 0.800. The summed E-state index contributed by atoms with van der Waals surface area (Å²) in [6.45, 7) is 6.03. The van der Waals surface area contributed by atoms with E-state index in [1.165, 1.54) is 0 Å². The van der Waals surface area contributed by atoms with E-state index in [0.29, 0.717) is 0 Å². The number of nitrogens with two attached hydrogens (primary N) is 1. The van der Waals surface area contributed by atoms with Crippen LogP contribution in [0.4, 0.5) is 0 Å². The molecule has 1 aromatic rings. The van der Waals surface area contributed by atoms with Crippen LogP contribution in [0.2, 0.25) is 0 Å². The van der Waals surface area contributed by atoms with Gasteiger partial charge in [-0.05, 0) is 32.4 Å². The minimum Gasteiger partial charge on any atom is -0.489 e. The summed E-state index contributed by atoms with van der Waals surface area (Å²) in [6, 6.07) is 3.87. The molecule has 0 unspecified atom stereocenters. The van der Waals surface area contributed by atoms with Gasteiger partial charge in [-0.2, -0.15) is 0 Å². The molecule has 3 nitrogen and oxygen atoms in total. The summed E-state index contributed by atoms with van der Waals surface area (Å²) in [7, 11) is 0. The molecule has 0 saturated carbocycles. The Bertz CT molecular complexity index is 269. The molecule has 0 fully saturated rings. The van der Waals surface area contributed by atoms with E-state index in [-0.39, 0.29) is 12.1 Å². The molecule has 0 bridgehead atoms. The average Bonchev–Trinajstić information content (AvgIpc) is 2.17. The van der Waals surface area contributed by atoms with Crippen LogP contribution in [-0.2, 0) is 0 Å². The first kappa shape index (κ1) is 11.0. The molecule has 0 aliphatic carbocycles. The minimum atomic E-state index is 0.0306. The molecule has 0 aliphatic rings. The van der Waals surface area contributed by atoms with Crippen LogP contribution in [-0.4, -0.2) is 11.1 Å². The van der Waals surface area contributed by atoms with Gasteiger partial charge in [-0.1, -0.05) is 6.92 Å². The van der Waals surface area contributed by atoms with Crippen LogP contribution in [0.3, 0.4) is 0 Å². The van der Waals surface area contributed by atoms with Gasteiger partial charge in [0.1, 0.15) is 5.75 Å². The lowest BCUT2D eigenvalue weighted by atomic mass is 10.1. The second-order valence-corrected chi connectivity index (χ2v) is 3.60. The highest BCUT2D eigenvalue weighted by atomic mass is 16.5. The fourth-order valence-corrected chi connectivity index (χ4v) is 1.16. The Morgan fingerprint density at radius 1 is 1.43 bits per heavy atom. The van der Waals surface area contributed by atoms with Crippen molar-refractivity contribution in [3.8, 4) is 5.75 Å². The first-order chi connectivity index (χ1) is 6.63. The molecular formula is C11H18N2O. The second kappa shape index (κ2) is 4.96. The largest absolute Gasteiger partial charge is 0.489 e. The zero-order valence-electron chi connectivity index (χ0n) is 9.03. The topological polar surface area (TPSA) is 48.1 Å². The molecule has 2 N–H and O–H groups in total. The molecule has 0 aromatic carbocycles. The van der Waals surface area contributed by atoms with Gasteiger partial charge in [-0.15, -0.1) is 0 Å². The van der Waals surface area contributed by atoms with Crippen molar-refractivity contribution in [3.63, 3.8) is 0 Å². The monoisotopic (exact) mass is 194 g/mol. The molecule has 0 saturated heterocycles. The Hall–Kier alpha value is -1.09. The number of aromatic nitrogens is 1. The van der Waals surface area contributed by atoms with Crippen molar-refractivity contribution >= 4 is 0 Å². The van der Waals surface area contributed by atoms with E-state index in [2.05, 4.69) is 4.98 Å². The van der Waals surface area contributed by atoms with Crippen molar-refractivity contribution in [2.24, 2.45) is 5.73 Å². The predicted octanol–water partition coefficient (Wildman–Crippen LogP) is 2.28. The summed E-state index contributed by atoms with van der Waals surface area (Å²) in [6.07, 6.45) is 2.81. The minimum absolute atomic E-state index is 0.0306. The Morgan fingerprint density at radius 3 is 2.57 bits per heavy atom. The van der Waals surface area contributed by atoms with Gasteiger partial charge < -0.3 is 10.5 Å². The maximum Gasteiger partial charge on any atom is 0.137 e. The summed E-state index contributed by atoms with van der Waals surface area (Å²) in [5.74, 6) is 0.798. The summed E-state index contributed by atoms with van der Waals surface area (Å²) < 4.78 is 5.48. The van der Waals surface area contributed by atoms with Crippen LogP contribution >= 0.6 is 0 Å². The van der Waals surface area contributed by atoms with E-state index in [1.807, 2.05) is 32.9 Å². The second-order valence-electron chi connectivity index (χ2n) is 3.60. The molecule has 1 atom stereocenters. The van der Waals surface area contributed by atoms with Crippen LogP contribution < -0.4 is 10.5 Å². The SMILES string of the molecule is CC[C@H](N)c1ccc(OC(C)C)cn1.